The monoisotopic (exact) mass is 291 g/mol. The fraction of sp³-hybridized carbons (Fsp3) is 0.231. The van der Waals surface area contributed by atoms with Gasteiger partial charge in [-0.3, -0.25) is 9.78 Å². The first-order valence-electron chi connectivity index (χ1n) is 5.81. The van der Waals surface area contributed by atoms with Crippen molar-refractivity contribution in [1.29, 1.82) is 0 Å². The molecule has 2 aromatic rings. The van der Waals surface area contributed by atoms with E-state index in [-0.39, 0.29) is 16.4 Å². The molecule has 0 saturated heterocycles. The quantitative estimate of drug-likeness (QED) is 0.688. The van der Waals surface area contributed by atoms with Crippen LogP contribution in [0.4, 0.5) is 10.8 Å². The molecule has 0 amide bonds. The van der Waals surface area contributed by atoms with Crippen molar-refractivity contribution in [3.8, 4) is 0 Å². The summed E-state index contributed by atoms with van der Waals surface area (Å²) < 4.78 is 4.62. The van der Waals surface area contributed by atoms with Gasteiger partial charge in [0.2, 0.25) is 0 Å². The molecule has 2 aromatic heterocycles. The molecule has 0 unspecified atom stereocenters. The highest BCUT2D eigenvalue weighted by molar-refractivity contribution is 7.17. The number of thiazole rings is 1. The van der Waals surface area contributed by atoms with Gasteiger partial charge < -0.3 is 10.1 Å². The van der Waals surface area contributed by atoms with Crippen LogP contribution in [0, 0.1) is 6.92 Å². The number of aryl methyl sites for hydroxylation is 1. The second-order valence-corrected chi connectivity index (χ2v) is 5.06. The Morgan fingerprint density at radius 3 is 2.65 bits per heavy atom. The third kappa shape index (κ3) is 3.00. The summed E-state index contributed by atoms with van der Waals surface area (Å²) in [6, 6.07) is 3.69. The summed E-state index contributed by atoms with van der Waals surface area (Å²) in [7, 11) is 1.25. The maximum absolute atomic E-state index is 11.6. The molecule has 0 atom stereocenters. The van der Waals surface area contributed by atoms with E-state index in [1.165, 1.54) is 14.0 Å². The Kier molecular flexibility index (Phi) is 4.09. The molecule has 0 radical (unpaired) electrons. The number of methoxy groups -OCH3 is 1. The van der Waals surface area contributed by atoms with E-state index >= 15 is 0 Å². The minimum Gasteiger partial charge on any atom is -0.464 e. The molecule has 6 nitrogen and oxygen atoms in total. The van der Waals surface area contributed by atoms with Crippen molar-refractivity contribution >= 4 is 33.9 Å². The molecule has 0 saturated carbocycles. The van der Waals surface area contributed by atoms with Crippen LogP contribution in [0.15, 0.2) is 18.3 Å². The van der Waals surface area contributed by atoms with E-state index in [1.807, 2.05) is 19.1 Å². The number of nitrogens with one attached hydrogen (secondary N) is 1. The number of esters is 1. The van der Waals surface area contributed by atoms with E-state index in [2.05, 4.69) is 20.0 Å². The first kappa shape index (κ1) is 14.1. The van der Waals surface area contributed by atoms with Gasteiger partial charge in [-0.15, -0.1) is 0 Å². The normalized spacial score (nSPS) is 10.2. The molecule has 0 aromatic carbocycles. The van der Waals surface area contributed by atoms with Crippen molar-refractivity contribution in [3.05, 3.63) is 34.6 Å². The van der Waals surface area contributed by atoms with E-state index in [0.717, 1.165) is 22.7 Å². The van der Waals surface area contributed by atoms with E-state index < -0.39 is 5.97 Å². The molecule has 0 aliphatic carbocycles. The van der Waals surface area contributed by atoms with Gasteiger partial charge in [-0.2, -0.15) is 0 Å². The molecular formula is C13H13N3O3S. The van der Waals surface area contributed by atoms with Crippen molar-refractivity contribution in [3.63, 3.8) is 0 Å². The largest absolute Gasteiger partial charge is 0.464 e. The average Bonchev–Trinajstić information content (AvgIpc) is 2.84. The van der Waals surface area contributed by atoms with E-state index in [4.69, 9.17) is 0 Å². The highest BCUT2D eigenvalue weighted by Gasteiger charge is 2.21. The number of rotatable bonds is 4. The molecule has 0 aliphatic rings. The van der Waals surface area contributed by atoms with Gasteiger partial charge in [0.1, 0.15) is 4.88 Å². The summed E-state index contributed by atoms with van der Waals surface area (Å²) >= 11 is 1.11. The van der Waals surface area contributed by atoms with Crippen molar-refractivity contribution in [1.82, 2.24) is 9.97 Å². The summed E-state index contributed by atoms with van der Waals surface area (Å²) in [6.07, 6.45) is 1.65. The molecule has 2 heterocycles. The summed E-state index contributed by atoms with van der Waals surface area (Å²) in [5.41, 5.74) is 1.66. The topological polar surface area (TPSA) is 81.2 Å². The third-order valence-electron chi connectivity index (χ3n) is 2.49. The van der Waals surface area contributed by atoms with Crippen LogP contribution in [0.3, 0.4) is 0 Å². The van der Waals surface area contributed by atoms with Crippen molar-refractivity contribution in [2.45, 2.75) is 13.8 Å². The molecule has 104 valence electrons. The maximum Gasteiger partial charge on any atom is 0.358 e. The Balaban J connectivity index is 2.31. The number of hydrogen-bond donors (Lipinski definition) is 1. The van der Waals surface area contributed by atoms with Gasteiger partial charge in [0.25, 0.3) is 0 Å². The van der Waals surface area contributed by atoms with Gasteiger partial charge in [0.15, 0.2) is 16.6 Å². The number of ketones is 1. The summed E-state index contributed by atoms with van der Waals surface area (Å²) in [4.78, 5) is 31.6. The first-order valence-corrected chi connectivity index (χ1v) is 6.62. The fourth-order valence-corrected chi connectivity index (χ4v) is 2.38. The summed E-state index contributed by atoms with van der Waals surface area (Å²) in [6.45, 7) is 3.27. The lowest BCUT2D eigenvalue weighted by molar-refractivity contribution is 0.0591. The minimum absolute atomic E-state index is 0.0348. The van der Waals surface area contributed by atoms with E-state index in [9.17, 15) is 9.59 Å². The van der Waals surface area contributed by atoms with Crippen LogP contribution in [-0.4, -0.2) is 28.8 Å². The van der Waals surface area contributed by atoms with Gasteiger partial charge in [-0.05, 0) is 19.1 Å². The lowest BCUT2D eigenvalue weighted by atomic mass is 10.3. The molecule has 20 heavy (non-hydrogen) atoms. The molecule has 0 aliphatic heterocycles. The van der Waals surface area contributed by atoms with Gasteiger partial charge in [-0.1, -0.05) is 11.3 Å². The maximum atomic E-state index is 11.6. The summed E-state index contributed by atoms with van der Waals surface area (Å²) in [5, 5.41) is 3.46. The molecule has 2 rings (SSSR count). The number of carbonyl (C=O) groups is 2. The molecular weight excluding hydrogens is 278 g/mol. The van der Waals surface area contributed by atoms with Crippen LogP contribution in [0.2, 0.25) is 0 Å². The van der Waals surface area contributed by atoms with Crippen LogP contribution in [0.25, 0.3) is 0 Å². The van der Waals surface area contributed by atoms with Crippen LogP contribution in [-0.2, 0) is 4.74 Å². The SMILES string of the molecule is COC(=O)c1nc(Nc2ccc(C)nc2)sc1C(C)=O. The zero-order valence-corrected chi connectivity index (χ0v) is 12.1. The Labute approximate surface area is 119 Å². The predicted molar refractivity (Wildman–Crippen MR) is 75.7 cm³/mol. The number of ether oxygens (including phenoxy) is 1. The highest BCUT2D eigenvalue weighted by Crippen LogP contribution is 2.26. The summed E-state index contributed by atoms with van der Waals surface area (Å²) in [5.74, 6) is -0.848. The van der Waals surface area contributed by atoms with E-state index in [0.29, 0.717) is 5.13 Å². The number of aromatic nitrogens is 2. The molecule has 7 heteroatoms. The van der Waals surface area contributed by atoms with Crippen molar-refractivity contribution < 1.29 is 14.3 Å². The number of hydrogen-bond acceptors (Lipinski definition) is 7. The van der Waals surface area contributed by atoms with Crippen LogP contribution >= 0.6 is 11.3 Å². The number of anilines is 2. The number of Topliss-reactive ketones (excluding diaryl/α,β-unsaturated/α-hetero) is 1. The lowest BCUT2D eigenvalue weighted by Crippen LogP contribution is -2.07. The lowest BCUT2D eigenvalue weighted by Gasteiger charge is -2.01. The fourth-order valence-electron chi connectivity index (χ4n) is 1.51. The minimum atomic E-state index is -0.624. The molecule has 0 fully saturated rings. The first-order chi connectivity index (χ1) is 9.51. The highest BCUT2D eigenvalue weighted by atomic mass is 32.1. The third-order valence-corrected chi connectivity index (χ3v) is 3.56. The Morgan fingerprint density at radius 2 is 2.10 bits per heavy atom. The standard InChI is InChI=1S/C13H13N3O3S/c1-7-4-5-9(6-14-7)15-13-16-10(12(18)19-3)11(20-13)8(2)17/h4-6H,1-3H3,(H,15,16). The molecule has 1 N–H and O–H groups in total. The van der Waals surface area contributed by atoms with Gasteiger partial charge in [-0.25, -0.2) is 9.78 Å². The van der Waals surface area contributed by atoms with Gasteiger partial charge >= 0.3 is 5.97 Å². The van der Waals surface area contributed by atoms with Gasteiger partial charge in [0.05, 0.1) is 19.0 Å². The molecule has 0 spiro atoms. The van der Waals surface area contributed by atoms with Crippen molar-refractivity contribution in [2.24, 2.45) is 0 Å². The Morgan fingerprint density at radius 1 is 1.35 bits per heavy atom. The van der Waals surface area contributed by atoms with Crippen LogP contribution in [0.1, 0.15) is 32.8 Å². The smallest absolute Gasteiger partial charge is 0.358 e. The second kappa shape index (κ2) is 5.79. The Hall–Kier alpha value is -2.28. The van der Waals surface area contributed by atoms with Gasteiger partial charge in [0, 0.05) is 12.6 Å². The number of carbonyl (C=O) groups excluding carboxylic acids is 2. The average molecular weight is 291 g/mol. The van der Waals surface area contributed by atoms with Crippen LogP contribution < -0.4 is 5.32 Å². The number of nitrogens with zero attached hydrogens (tertiary/aromatic N) is 2. The molecule has 0 bridgehead atoms. The zero-order chi connectivity index (χ0) is 14.7. The van der Waals surface area contributed by atoms with Crippen LogP contribution in [0.5, 0.6) is 0 Å². The number of pyridine rings is 1. The second-order valence-electron chi connectivity index (χ2n) is 4.06. The Bertz CT molecular complexity index is 649. The van der Waals surface area contributed by atoms with E-state index in [1.54, 1.807) is 6.20 Å². The zero-order valence-electron chi connectivity index (χ0n) is 11.3. The predicted octanol–water partition coefficient (Wildman–Crippen LogP) is 2.58. The van der Waals surface area contributed by atoms with Crippen molar-refractivity contribution in [2.75, 3.05) is 12.4 Å².